The van der Waals surface area contributed by atoms with Crippen LogP contribution in [0, 0.1) is 11.6 Å². The Kier molecular flexibility index (Phi) is 3.82. The maximum Gasteiger partial charge on any atom is 0.187 e. The van der Waals surface area contributed by atoms with Crippen LogP contribution in [0.3, 0.4) is 0 Å². The second-order valence-corrected chi connectivity index (χ2v) is 5.05. The fourth-order valence-electron chi connectivity index (χ4n) is 2.34. The molecular weight excluding hydrogens is 238 g/mol. The fourth-order valence-corrected chi connectivity index (χ4v) is 2.34. The van der Waals surface area contributed by atoms with Gasteiger partial charge in [-0.3, -0.25) is 4.90 Å². The van der Waals surface area contributed by atoms with Crippen molar-refractivity contribution >= 4 is 0 Å². The minimum absolute atomic E-state index is 0.497. The molecule has 0 spiro atoms. The second-order valence-electron chi connectivity index (χ2n) is 5.05. The van der Waals surface area contributed by atoms with Crippen molar-refractivity contribution in [2.24, 2.45) is 0 Å². The van der Waals surface area contributed by atoms with Crippen molar-refractivity contribution in [3.05, 3.63) is 29.3 Å². The number of nitrogens with zero attached hydrogens (tertiary/aromatic N) is 2. The van der Waals surface area contributed by atoms with E-state index in [0.29, 0.717) is 18.2 Å². The molecule has 0 bridgehead atoms. The van der Waals surface area contributed by atoms with Crippen LogP contribution < -0.4 is 0 Å². The number of aromatic hydroxyl groups is 1. The normalized spacial score (nSPS) is 20.8. The highest BCUT2D eigenvalue weighted by Gasteiger charge is 2.24. The molecule has 1 aromatic rings. The van der Waals surface area contributed by atoms with E-state index in [2.05, 4.69) is 9.80 Å². The topological polar surface area (TPSA) is 26.7 Å². The molecule has 1 aliphatic rings. The van der Waals surface area contributed by atoms with Gasteiger partial charge in [0.2, 0.25) is 0 Å². The Morgan fingerprint density at radius 1 is 1.33 bits per heavy atom. The summed E-state index contributed by atoms with van der Waals surface area (Å²) < 4.78 is 26.4. The van der Waals surface area contributed by atoms with Gasteiger partial charge in [-0.2, -0.15) is 0 Å². The summed E-state index contributed by atoms with van der Waals surface area (Å²) >= 11 is 0. The van der Waals surface area contributed by atoms with Crippen molar-refractivity contribution in [2.75, 3.05) is 27.2 Å². The third-order valence-electron chi connectivity index (χ3n) is 3.46. The fraction of sp³-hybridized carbons (Fsp3) is 0.538. The minimum Gasteiger partial charge on any atom is -0.503 e. The van der Waals surface area contributed by atoms with Crippen LogP contribution in [0.2, 0.25) is 0 Å². The number of halogens is 2. The summed E-state index contributed by atoms with van der Waals surface area (Å²) in [5.74, 6) is -2.69. The monoisotopic (exact) mass is 256 g/mol. The van der Waals surface area contributed by atoms with Gasteiger partial charge in [-0.15, -0.1) is 0 Å². The largest absolute Gasteiger partial charge is 0.503 e. The predicted octanol–water partition coefficient (Wildman–Crippen LogP) is 1.81. The first-order valence-electron chi connectivity index (χ1n) is 6.03. The van der Waals surface area contributed by atoms with Crippen LogP contribution in [0.4, 0.5) is 8.78 Å². The van der Waals surface area contributed by atoms with Crippen molar-refractivity contribution in [1.82, 2.24) is 9.80 Å². The number of phenolic OH excluding ortho intramolecular Hbond substituents is 1. The molecule has 3 nitrogen and oxygen atoms in total. The summed E-state index contributed by atoms with van der Waals surface area (Å²) in [7, 11) is 4.07. The molecule has 18 heavy (non-hydrogen) atoms. The van der Waals surface area contributed by atoms with Crippen LogP contribution in [-0.4, -0.2) is 48.1 Å². The van der Waals surface area contributed by atoms with Crippen molar-refractivity contribution < 1.29 is 13.9 Å². The van der Waals surface area contributed by atoms with E-state index in [1.165, 1.54) is 12.1 Å². The van der Waals surface area contributed by atoms with Crippen LogP contribution >= 0.6 is 0 Å². The van der Waals surface area contributed by atoms with E-state index in [0.717, 1.165) is 19.5 Å². The first-order valence-corrected chi connectivity index (χ1v) is 6.03. The van der Waals surface area contributed by atoms with Crippen LogP contribution in [0.1, 0.15) is 12.0 Å². The summed E-state index contributed by atoms with van der Waals surface area (Å²) in [6, 6.07) is 2.89. The maximum absolute atomic E-state index is 13.2. The van der Waals surface area contributed by atoms with E-state index < -0.39 is 17.4 Å². The molecule has 0 aromatic heterocycles. The number of rotatable bonds is 3. The van der Waals surface area contributed by atoms with Crippen LogP contribution in [-0.2, 0) is 6.54 Å². The zero-order chi connectivity index (χ0) is 13.3. The Morgan fingerprint density at radius 3 is 2.44 bits per heavy atom. The summed E-state index contributed by atoms with van der Waals surface area (Å²) in [5, 5.41) is 9.04. The first-order chi connectivity index (χ1) is 8.47. The van der Waals surface area contributed by atoms with Gasteiger partial charge in [0.1, 0.15) is 0 Å². The number of benzene rings is 1. The smallest absolute Gasteiger partial charge is 0.187 e. The van der Waals surface area contributed by atoms with Gasteiger partial charge in [-0.25, -0.2) is 8.78 Å². The Hall–Kier alpha value is -1.20. The number of likely N-dealkylation sites (tertiary alicyclic amines) is 1. The molecule has 0 radical (unpaired) electrons. The Labute approximate surface area is 106 Å². The van der Waals surface area contributed by atoms with Gasteiger partial charge >= 0.3 is 0 Å². The quantitative estimate of drug-likeness (QED) is 0.893. The Bertz CT molecular complexity index is 414. The number of likely N-dealkylation sites (N-methyl/N-ethyl adjacent to an activating group) is 1. The third kappa shape index (κ3) is 2.79. The van der Waals surface area contributed by atoms with E-state index >= 15 is 0 Å². The van der Waals surface area contributed by atoms with Crippen molar-refractivity contribution in [3.63, 3.8) is 0 Å². The molecule has 2 rings (SSSR count). The molecule has 1 heterocycles. The Morgan fingerprint density at radius 2 is 1.94 bits per heavy atom. The molecule has 0 aliphatic carbocycles. The van der Waals surface area contributed by atoms with Gasteiger partial charge in [0.15, 0.2) is 17.4 Å². The number of phenols is 1. The van der Waals surface area contributed by atoms with Crippen molar-refractivity contribution in [1.29, 1.82) is 0 Å². The molecule has 1 saturated heterocycles. The summed E-state index contributed by atoms with van der Waals surface area (Å²) in [6.07, 6.45) is 1.07. The molecule has 0 amide bonds. The first kappa shape index (κ1) is 13.2. The van der Waals surface area contributed by atoms with E-state index in [9.17, 15) is 8.78 Å². The van der Waals surface area contributed by atoms with Gasteiger partial charge in [0.05, 0.1) is 0 Å². The van der Waals surface area contributed by atoms with E-state index in [1.54, 1.807) is 0 Å². The molecule has 100 valence electrons. The molecular formula is C13H18F2N2O. The standard InChI is InChI=1S/C13H18F2N2O/c1-16(2)10-3-4-17(8-10)7-9-5-11(14)13(18)12(15)6-9/h5-6,10,18H,3-4,7-8H2,1-2H3. The molecule has 0 saturated carbocycles. The van der Waals surface area contributed by atoms with Gasteiger partial charge in [0.25, 0.3) is 0 Å². The lowest BCUT2D eigenvalue weighted by molar-refractivity contribution is 0.264. The molecule has 5 heteroatoms. The predicted molar refractivity (Wildman–Crippen MR) is 65.4 cm³/mol. The molecule has 1 aliphatic heterocycles. The summed E-state index contributed by atoms with van der Waals surface area (Å²) in [6.45, 7) is 2.34. The minimum atomic E-state index is -0.897. The van der Waals surface area contributed by atoms with Crippen molar-refractivity contribution in [3.8, 4) is 5.75 Å². The lowest BCUT2D eigenvalue weighted by Gasteiger charge is -2.20. The SMILES string of the molecule is CN(C)C1CCN(Cc2cc(F)c(O)c(F)c2)C1. The van der Waals surface area contributed by atoms with Gasteiger partial charge < -0.3 is 10.0 Å². The van der Waals surface area contributed by atoms with Gasteiger partial charge in [0, 0.05) is 25.7 Å². The van der Waals surface area contributed by atoms with Crippen LogP contribution in [0.5, 0.6) is 5.75 Å². The van der Waals surface area contributed by atoms with Gasteiger partial charge in [-0.05, 0) is 38.2 Å². The number of hydrogen-bond donors (Lipinski definition) is 1. The lowest BCUT2D eigenvalue weighted by Crippen LogP contribution is -2.31. The van der Waals surface area contributed by atoms with Crippen LogP contribution in [0.25, 0.3) is 0 Å². The average molecular weight is 256 g/mol. The Balaban J connectivity index is 2.03. The highest BCUT2D eigenvalue weighted by molar-refractivity contribution is 5.30. The number of hydrogen-bond acceptors (Lipinski definition) is 3. The molecule has 1 aromatic carbocycles. The van der Waals surface area contributed by atoms with E-state index in [-0.39, 0.29) is 0 Å². The highest BCUT2D eigenvalue weighted by Crippen LogP contribution is 2.23. The average Bonchev–Trinajstić information content (AvgIpc) is 2.74. The van der Waals surface area contributed by atoms with Crippen LogP contribution in [0.15, 0.2) is 12.1 Å². The second kappa shape index (κ2) is 5.20. The molecule has 1 unspecified atom stereocenters. The maximum atomic E-state index is 13.2. The molecule has 1 fully saturated rings. The third-order valence-corrected chi connectivity index (χ3v) is 3.46. The zero-order valence-electron chi connectivity index (χ0n) is 10.7. The summed E-state index contributed by atoms with van der Waals surface area (Å²) in [5.41, 5.74) is 0.558. The van der Waals surface area contributed by atoms with Crippen molar-refractivity contribution in [2.45, 2.75) is 19.0 Å². The van der Waals surface area contributed by atoms with E-state index in [1.807, 2.05) is 14.1 Å². The molecule has 1 atom stereocenters. The molecule has 1 N–H and O–H groups in total. The zero-order valence-corrected chi connectivity index (χ0v) is 10.7. The highest BCUT2D eigenvalue weighted by atomic mass is 19.1. The lowest BCUT2D eigenvalue weighted by atomic mass is 10.2. The van der Waals surface area contributed by atoms with E-state index in [4.69, 9.17) is 5.11 Å². The summed E-state index contributed by atoms with van der Waals surface area (Å²) in [4.78, 5) is 4.33. The van der Waals surface area contributed by atoms with Gasteiger partial charge in [-0.1, -0.05) is 0 Å².